The maximum atomic E-state index is 12.4. The van der Waals surface area contributed by atoms with Crippen molar-refractivity contribution in [2.45, 2.75) is 18.2 Å². The third-order valence-corrected chi connectivity index (χ3v) is 4.85. The number of imidazole rings is 1. The van der Waals surface area contributed by atoms with Crippen molar-refractivity contribution in [1.29, 1.82) is 0 Å². The number of carbonyl (C=O) groups excluding carboxylic acids is 1. The number of carbonyl (C=O) groups is 1. The van der Waals surface area contributed by atoms with Crippen LogP contribution in [0, 0.1) is 0 Å². The highest BCUT2D eigenvalue weighted by molar-refractivity contribution is 7.99. The second kappa shape index (κ2) is 5.86. The van der Waals surface area contributed by atoms with E-state index < -0.39 is 0 Å². The number of para-hydroxylation sites is 2. The Kier molecular flexibility index (Phi) is 3.70. The molecule has 3 aromatic rings. The minimum absolute atomic E-state index is 0.104. The topological polar surface area (TPSA) is 75.5 Å². The Bertz CT molecular complexity index is 858. The molecule has 0 aliphatic carbocycles. The first-order valence-electron chi connectivity index (χ1n) is 7.56. The fraction of sp³-hybridized carbons (Fsp3) is 0.400. The van der Waals surface area contributed by atoms with Crippen LogP contribution >= 0.6 is 11.8 Å². The zero-order valence-corrected chi connectivity index (χ0v) is 13.5. The summed E-state index contributed by atoms with van der Waals surface area (Å²) in [6, 6.07) is 7.89. The Labute approximate surface area is 137 Å². The van der Waals surface area contributed by atoms with Crippen LogP contribution in [0.4, 0.5) is 0 Å². The number of rotatable bonds is 3. The first-order chi connectivity index (χ1) is 11.2. The van der Waals surface area contributed by atoms with Gasteiger partial charge in [-0.15, -0.1) is 5.10 Å². The van der Waals surface area contributed by atoms with Gasteiger partial charge in [-0.3, -0.25) is 9.20 Å². The van der Waals surface area contributed by atoms with E-state index in [1.807, 2.05) is 40.5 Å². The number of benzene rings is 1. The van der Waals surface area contributed by atoms with Crippen molar-refractivity contribution in [2.24, 2.45) is 0 Å². The molecule has 0 bridgehead atoms. The summed E-state index contributed by atoms with van der Waals surface area (Å²) in [5, 5.41) is 7.96. The summed E-state index contributed by atoms with van der Waals surface area (Å²) in [5.41, 5.74) is 1.91. The SMILES string of the molecule is CC1CN(C(=O)CSc2n[nH]c3nc4ccccc4n23)CCO1. The molecular formula is C15H17N5O2S. The summed E-state index contributed by atoms with van der Waals surface area (Å²) in [5.74, 6) is 1.17. The Morgan fingerprint density at radius 2 is 2.35 bits per heavy atom. The van der Waals surface area contributed by atoms with E-state index in [0.29, 0.717) is 31.2 Å². The van der Waals surface area contributed by atoms with Crippen LogP contribution in [0.1, 0.15) is 6.92 Å². The summed E-state index contributed by atoms with van der Waals surface area (Å²) in [7, 11) is 0. The molecule has 1 unspecified atom stereocenters. The van der Waals surface area contributed by atoms with Crippen LogP contribution in [-0.2, 0) is 9.53 Å². The molecule has 120 valence electrons. The maximum Gasteiger partial charge on any atom is 0.233 e. The van der Waals surface area contributed by atoms with E-state index in [-0.39, 0.29) is 12.0 Å². The third kappa shape index (κ3) is 2.68. The molecule has 23 heavy (non-hydrogen) atoms. The smallest absolute Gasteiger partial charge is 0.233 e. The zero-order chi connectivity index (χ0) is 15.8. The van der Waals surface area contributed by atoms with Crippen molar-refractivity contribution < 1.29 is 9.53 Å². The van der Waals surface area contributed by atoms with Gasteiger partial charge in [0.1, 0.15) is 0 Å². The molecule has 1 aliphatic heterocycles. The van der Waals surface area contributed by atoms with Crippen LogP contribution in [0.2, 0.25) is 0 Å². The number of morpholine rings is 1. The Balaban J connectivity index is 1.53. The summed E-state index contributed by atoms with van der Waals surface area (Å²) in [6.07, 6.45) is 0.104. The van der Waals surface area contributed by atoms with E-state index in [0.717, 1.165) is 16.2 Å². The molecule has 0 radical (unpaired) electrons. The third-order valence-electron chi connectivity index (χ3n) is 3.92. The van der Waals surface area contributed by atoms with Gasteiger partial charge in [0.05, 0.1) is 29.5 Å². The lowest BCUT2D eigenvalue weighted by Crippen LogP contribution is -2.45. The van der Waals surface area contributed by atoms with Crippen LogP contribution in [0.5, 0.6) is 0 Å². The number of nitrogens with one attached hydrogen (secondary N) is 1. The fourth-order valence-corrected chi connectivity index (χ4v) is 3.66. The molecule has 1 fully saturated rings. The van der Waals surface area contributed by atoms with Crippen LogP contribution in [0.15, 0.2) is 29.4 Å². The second-order valence-corrected chi connectivity index (χ2v) is 6.52. The minimum atomic E-state index is 0.104. The van der Waals surface area contributed by atoms with Gasteiger partial charge in [0, 0.05) is 13.1 Å². The Morgan fingerprint density at radius 1 is 1.48 bits per heavy atom. The summed E-state index contributed by atoms with van der Waals surface area (Å²) in [6.45, 7) is 3.91. The number of fused-ring (bicyclic) bond motifs is 3. The lowest BCUT2D eigenvalue weighted by atomic mass is 10.3. The molecule has 3 heterocycles. The van der Waals surface area contributed by atoms with Gasteiger partial charge in [-0.05, 0) is 19.1 Å². The zero-order valence-electron chi connectivity index (χ0n) is 12.7. The standard InChI is InChI=1S/C15H17N5O2S/c1-10-8-19(6-7-22-10)13(21)9-23-15-18-17-14-16-11-4-2-3-5-12(11)20(14)15/h2-5,10H,6-9H2,1H3,(H,16,17). The van der Waals surface area contributed by atoms with Crippen molar-refractivity contribution in [1.82, 2.24) is 24.5 Å². The molecule has 1 aliphatic rings. The van der Waals surface area contributed by atoms with E-state index in [1.165, 1.54) is 11.8 Å². The molecule has 1 aromatic carbocycles. The first kappa shape index (κ1) is 14.5. The molecule has 1 amide bonds. The van der Waals surface area contributed by atoms with Crippen molar-refractivity contribution in [3.8, 4) is 0 Å². The number of aromatic nitrogens is 4. The Morgan fingerprint density at radius 3 is 3.22 bits per heavy atom. The molecule has 1 atom stereocenters. The molecule has 8 heteroatoms. The predicted octanol–water partition coefficient (Wildman–Crippen LogP) is 1.55. The lowest BCUT2D eigenvalue weighted by Gasteiger charge is -2.31. The summed E-state index contributed by atoms with van der Waals surface area (Å²) in [4.78, 5) is 18.7. The van der Waals surface area contributed by atoms with Gasteiger partial charge in [0.25, 0.3) is 0 Å². The van der Waals surface area contributed by atoms with E-state index in [2.05, 4.69) is 15.2 Å². The highest BCUT2D eigenvalue weighted by atomic mass is 32.2. The summed E-state index contributed by atoms with van der Waals surface area (Å²) < 4.78 is 7.43. The number of amides is 1. The molecule has 7 nitrogen and oxygen atoms in total. The number of aromatic amines is 1. The highest BCUT2D eigenvalue weighted by Crippen LogP contribution is 2.23. The molecule has 0 saturated carbocycles. The van der Waals surface area contributed by atoms with Crippen molar-refractivity contribution in [2.75, 3.05) is 25.4 Å². The van der Waals surface area contributed by atoms with Crippen LogP contribution < -0.4 is 0 Å². The normalized spacial score (nSPS) is 18.8. The Hall–Kier alpha value is -2.06. The quantitative estimate of drug-likeness (QED) is 0.737. The first-order valence-corrected chi connectivity index (χ1v) is 8.54. The number of ether oxygens (including phenoxy) is 1. The number of hydrogen-bond acceptors (Lipinski definition) is 5. The van der Waals surface area contributed by atoms with Gasteiger partial charge in [0.15, 0.2) is 5.16 Å². The van der Waals surface area contributed by atoms with E-state index in [4.69, 9.17) is 4.74 Å². The number of thioether (sulfide) groups is 1. The lowest BCUT2D eigenvalue weighted by molar-refractivity contribution is -0.135. The summed E-state index contributed by atoms with van der Waals surface area (Å²) >= 11 is 1.43. The second-order valence-electron chi connectivity index (χ2n) is 5.58. The molecule has 0 spiro atoms. The van der Waals surface area contributed by atoms with Gasteiger partial charge < -0.3 is 9.64 Å². The van der Waals surface area contributed by atoms with Gasteiger partial charge >= 0.3 is 0 Å². The average molecular weight is 331 g/mol. The average Bonchev–Trinajstić information content (AvgIpc) is 3.11. The monoisotopic (exact) mass is 331 g/mol. The van der Waals surface area contributed by atoms with Crippen molar-refractivity contribution >= 4 is 34.5 Å². The van der Waals surface area contributed by atoms with E-state index in [9.17, 15) is 4.79 Å². The maximum absolute atomic E-state index is 12.4. The number of hydrogen-bond donors (Lipinski definition) is 1. The van der Waals surface area contributed by atoms with Gasteiger partial charge in [-0.1, -0.05) is 23.9 Å². The largest absolute Gasteiger partial charge is 0.375 e. The predicted molar refractivity (Wildman–Crippen MR) is 87.6 cm³/mol. The van der Waals surface area contributed by atoms with Crippen LogP contribution in [-0.4, -0.2) is 61.9 Å². The van der Waals surface area contributed by atoms with E-state index in [1.54, 1.807) is 0 Å². The van der Waals surface area contributed by atoms with Crippen molar-refractivity contribution in [3.63, 3.8) is 0 Å². The number of H-pyrrole nitrogens is 1. The minimum Gasteiger partial charge on any atom is -0.375 e. The van der Waals surface area contributed by atoms with Gasteiger partial charge in [-0.2, -0.15) is 0 Å². The molecule has 1 N–H and O–H groups in total. The van der Waals surface area contributed by atoms with Crippen LogP contribution in [0.25, 0.3) is 16.8 Å². The van der Waals surface area contributed by atoms with E-state index >= 15 is 0 Å². The molecular weight excluding hydrogens is 314 g/mol. The van der Waals surface area contributed by atoms with Gasteiger partial charge in [-0.25, -0.2) is 10.1 Å². The van der Waals surface area contributed by atoms with Crippen LogP contribution in [0.3, 0.4) is 0 Å². The van der Waals surface area contributed by atoms with Gasteiger partial charge in [0.2, 0.25) is 11.7 Å². The van der Waals surface area contributed by atoms with Crippen molar-refractivity contribution in [3.05, 3.63) is 24.3 Å². The number of nitrogens with zero attached hydrogens (tertiary/aromatic N) is 4. The molecule has 4 rings (SSSR count). The fourth-order valence-electron chi connectivity index (χ4n) is 2.80. The highest BCUT2D eigenvalue weighted by Gasteiger charge is 2.22. The molecule has 1 saturated heterocycles. The molecule has 2 aromatic heterocycles.